The molecule has 2 amide bonds. The number of nitrogens with zero attached hydrogens (tertiary/aromatic N) is 4. The molecule has 258 valence electrons. The van der Waals surface area contributed by atoms with E-state index in [1.54, 1.807) is 11.8 Å². The number of aromatic nitrogens is 3. The van der Waals surface area contributed by atoms with Gasteiger partial charge in [-0.2, -0.15) is 0 Å². The number of thioether (sulfide) groups is 1. The maximum atomic E-state index is 12.9. The monoisotopic (exact) mass is 682 g/mol. The normalized spacial score (nSPS) is 22.2. The number of imidazole rings is 1. The van der Waals surface area contributed by atoms with Crippen LogP contribution in [0, 0.1) is 0 Å². The zero-order valence-corrected chi connectivity index (χ0v) is 30.0. The minimum absolute atomic E-state index is 0.0475. The van der Waals surface area contributed by atoms with Crippen LogP contribution in [0.25, 0.3) is 33.2 Å². The van der Waals surface area contributed by atoms with E-state index in [1.165, 1.54) is 0 Å². The number of hydrogen-bond acceptors (Lipinski definition) is 8. The molecule has 7 rings (SSSR count). The average molecular weight is 683 g/mol. The first-order valence-corrected chi connectivity index (χ1v) is 18.1. The van der Waals surface area contributed by atoms with E-state index in [2.05, 4.69) is 57.7 Å². The highest BCUT2D eigenvalue weighted by molar-refractivity contribution is 8.08. The van der Waals surface area contributed by atoms with Crippen molar-refractivity contribution in [3.8, 4) is 22.4 Å². The van der Waals surface area contributed by atoms with Crippen LogP contribution in [0.2, 0.25) is 0 Å². The van der Waals surface area contributed by atoms with Crippen LogP contribution >= 0.6 is 11.8 Å². The lowest BCUT2D eigenvalue weighted by Gasteiger charge is -2.31. The van der Waals surface area contributed by atoms with Crippen LogP contribution in [0.1, 0.15) is 73.1 Å². The largest absolute Gasteiger partial charge is 0.444 e. The molecule has 0 spiro atoms. The Morgan fingerprint density at radius 1 is 0.857 bits per heavy atom. The van der Waals surface area contributed by atoms with E-state index in [4.69, 9.17) is 14.5 Å². The molecule has 2 N–H and O–H groups in total. The number of H-pyrrole nitrogens is 1. The van der Waals surface area contributed by atoms with Gasteiger partial charge in [-0.05, 0) is 108 Å². The van der Waals surface area contributed by atoms with Gasteiger partial charge in [0.1, 0.15) is 33.0 Å². The van der Waals surface area contributed by atoms with Crippen molar-refractivity contribution in [1.29, 1.82) is 0 Å². The minimum Gasteiger partial charge on any atom is -0.444 e. The lowest BCUT2D eigenvalue weighted by atomic mass is 9.97. The van der Waals surface area contributed by atoms with Crippen molar-refractivity contribution < 1.29 is 19.1 Å². The summed E-state index contributed by atoms with van der Waals surface area (Å²) in [6.07, 6.45) is 7.12. The van der Waals surface area contributed by atoms with Crippen molar-refractivity contribution in [3.05, 3.63) is 66.7 Å². The van der Waals surface area contributed by atoms with Crippen molar-refractivity contribution in [2.75, 3.05) is 25.0 Å². The highest BCUT2D eigenvalue weighted by atomic mass is 32.2. The summed E-state index contributed by atoms with van der Waals surface area (Å²) in [5, 5.41) is 5.74. The first-order valence-electron chi connectivity index (χ1n) is 17.3. The van der Waals surface area contributed by atoms with E-state index in [0.29, 0.717) is 13.1 Å². The molecule has 3 aliphatic heterocycles. The van der Waals surface area contributed by atoms with Crippen LogP contribution in [-0.2, 0) is 14.2 Å². The molecular formula is C38H46N6O4S. The number of amides is 2. The van der Waals surface area contributed by atoms with Crippen LogP contribution in [0.15, 0.2) is 60.9 Å². The number of hydrogen-bond donors (Lipinski definition) is 2. The van der Waals surface area contributed by atoms with Gasteiger partial charge in [-0.3, -0.25) is 4.90 Å². The van der Waals surface area contributed by atoms with Gasteiger partial charge in [0.05, 0.1) is 17.9 Å². The summed E-state index contributed by atoms with van der Waals surface area (Å²) in [4.78, 5) is 42.3. The van der Waals surface area contributed by atoms with E-state index in [9.17, 15) is 9.59 Å². The van der Waals surface area contributed by atoms with Gasteiger partial charge in [0, 0.05) is 37.0 Å². The van der Waals surface area contributed by atoms with Gasteiger partial charge >= 0.3 is 12.2 Å². The molecule has 0 saturated carbocycles. The predicted molar refractivity (Wildman–Crippen MR) is 194 cm³/mol. The minimum atomic E-state index is -0.519. The topological polar surface area (TPSA) is 113 Å². The Morgan fingerprint density at radius 2 is 1.51 bits per heavy atom. The second-order valence-electron chi connectivity index (χ2n) is 15.3. The quantitative estimate of drug-likeness (QED) is 0.195. The van der Waals surface area contributed by atoms with Gasteiger partial charge in [0.2, 0.25) is 0 Å². The fourth-order valence-corrected chi connectivity index (χ4v) is 8.35. The van der Waals surface area contributed by atoms with Crippen molar-refractivity contribution in [1.82, 2.24) is 24.8 Å². The smallest absolute Gasteiger partial charge is 0.411 e. The lowest BCUT2D eigenvalue weighted by molar-refractivity contribution is 0.0186. The van der Waals surface area contributed by atoms with Crippen LogP contribution in [0.5, 0.6) is 0 Å². The molecule has 2 aromatic carbocycles. The van der Waals surface area contributed by atoms with E-state index in [1.807, 2.05) is 69.8 Å². The second kappa shape index (κ2) is 12.6. The zero-order valence-electron chi connectivity index (χ0n) is 29.2. The highest BCUT2D eigenvalue weighted by Crippen LogP contribution is 2.66. The molecule has 0 bridgehead atoms. The van der Waals surface area contributed by atoms with Crippen LogP contribution in [-0.4, -0.2) is 79.2 Å². The Balaban J connectivity index is 0.994. The number of benzene rings is 2. The number of pyridine rings is 1. The summed E-state index contributed by atoms with van der Waals surface area (Å²) in [6.45, 7) is 13.5. The van der Waals surface area contributed by atoms with Crippen molar-refractivity contribution in [2.24, 2.45) is 0 Å². The van der Waals surface area contributed by atoms with Gasteiger partial charge in [0.15, 0.2) is 0 Å². The number of piperidine rings is 1. The van der Waals surface area contributed by atoms with Gasteiger partial charge in [-0.15, -0.1) is 11.8 Å². The summed E-state index contributed by atoms with van der Waals surface area (Å²) in [6, 6.07) is 17.1. The molecule has 10 nitrogen and oxygen atoms in total. The molecule has 49 heavy (non-hydrogen) atoms. The second-order valence-corrected chi connectivity index (χ2v) is 16.8. The fraction of sp³-hybridized carbons (Fsp3) is 0.474. The molecule has 0 radical (unpaired) electrons. The summed E-state index contributed by atoms with van der Waals surface area (Å²) >= 11 is 1.79. The van der Waals surface area contributed by atoms with Gasteiger partial charge in [-0.1, -0.05) is 24.3 Å². The Bertz CT molecular complexity index is 1860. The number of carbonyl (C=O) groups excluding carboxylic acids is 2. The van der Waals surface area contributed by atoms with E-state index in [0.717, 1.165) is 77.0 Å². The average Bonchev–Trinajstić information content (AvgIpc) is 3.35. The Morgan fingerprint density at radius 3 is 2.20 bits per heavy atom. The SMILES string of the molecule is CC(C)(C)OC(=O)N1CCCC1CNc1ccc(-c2ccc3cc(-c4cnc(C56CCCN(C(=O)OC(C)(C)C)C5S6)[nH]4)ccc3c2)cn1. The first-order chi connectivity index (χ1) is 23.3. The molecule has 3 saturated heterocycles. The third-order valence-electron chi connectivity index (χ3n) is 9.27. The summed E-state index contributed by atoms with van der Waals surface area (Å²) < 4.78 is 11.1. The maximum absolute atomic E-state index is 12.9. The number of fused-ring (bicyclic) bond motifs is 2. The maximum Gasteiger partial charge on any atom is 0.411 e. The number of anilines is 1. The molecule has 3 atom stereocenters. The standard InChI is InChI=1S/C38H46N6O4S/c1-36(2,3)47-34(45)43-17-7-9-29(43)22-40-31-15-14-28(21-39-31)26-11-10-25-20-27(13-12-24(25)19-26)30-23-41-32(42-30)38-16-8-18-44(33(38)49-38)35(46)48-37(4,5)6/h10-15,19-21,23,29,33H,7-9,16-18,22H2,1-6H3,(H,39,40)(H,41,42). The lowest BCUT2D eigenvalue weighted by Crippen LogP contribution is -2.44. The number of nitrogens with one attached hydrogen (secondary N) is 2. The van der Waals surface area contributed by atoms with Crippen molar-refractivity contribution in [2.45, 2.75) is 94.6 Å². The first kappa shape index (κ1) is 33.3. The predicted octanol–water partition coefficient (Wildman–Crippen LogP) is 8.40. The van der Waals surface area contributed by atoms with Gasteiger partial charge in [0.25, 0.3) is 0 Å². The molecule has 2 aromatic heterocycles. The molecule has 3 aliphatic rings. The third-order valence-corrected chi connectivity index (χ3v) is 10.9. The number of ether oxygens (including phenoxy) is 2. The fourth-order valence-electron chi connectivity index (χ4n) is 6.87. The Labute approximate surface area is 292 Å². The number of carbonyl (C=O) groups is 2. The highest BCUT2D eigenvalue weighted by Gasteiger charge is 2.64. The van der Waals surface area contributed by atoms with Crippen LogP contribution in [0.4, 0.5) is 15.4 Å². The summed E-state index contributed by atoms with van der Waals surface area (Å²) in [5.41, 5.74) is 3.15. The molecule has 11 heteroatoms. The van der Waals surface area contributed by atoms with Gasteiger partial charge < -0.3 is 24.7 Å². The van der Waals surface area contributed by atoms with E-state index < -0.39 is 11.2 Å². The molecule has 4 aromatic rings. The van der Waals surface area contributed by atoms with E-state index in [-0.39, 0.29) is 28.3 Å². The third kappa shape index (κ3) is 7.08. The van der Waals surface area contributed by atoms with Crippen molar-refractivity contribution >= 4 is 40.5 Å². The van der Waals surface area contributed by atoms with E-state index >= 15 is 0 Å². The summed E-state index contributed by atoms with van der Waals surface area (Å²) in [5.74, 6) is 1.71. The molecule has 5 heterocycles. The summed E-state index contributed by atoms with van der Waals surface area (Å²) in [7, 11) is 0. The number of rotatable bonds is 6. The zero-order chi connectivity index (χ0) is 34.6. The van der Waals surface area contributed by atoms with Crippen molar-refractivity contribution in [3.63, 3.8) is 0 Å². The number of likely N-dealkylation sites (tertiary alicyclic amines) is 2. The molecule has 3 unspecified atom stereocenters. The number of aromatic amines is 1. The molecule has 0 aliphatic carbocycles. The van der Waals surface area contributed by atoms with Crippen LogP contribution in [0.3, 0.4) is 0 Å². The Hall–Kier alpha value is -4.25. The molecular weight excluding hydrogens is 637 g/mol. The van der Waals surface area contributed by atoms with Gasteiger partial charge in [-0.25, -0.2) is 19.6 Å². The van der Waals surface area contributed by atoms with Crippen LogP contribution < -0.4 is 5.32 Å². The molecule has 3 fully saturated rings. The Kier molecular flexibility index (Phi) is 8.53.